The number of nitrogens with zero attached hydrogens (tertiary/aromatic N) is 2. The molecule has 4 aromatic rings. The molecule has 2 aromatic carbocycles. The van der Waals surface area contributed by atoms with Gasteiger partial charge in [0.15, 0.2) is 11.5 Å². The lowest BCUT2D eigenvalue weighted by atomic mass is 9.94. The number of carbonyl (C=O) groups excluding carboxylic acids is 2. The van der Waals surface area contributed by atoms with Gasteiger partial charge in [-0.25, -0.2) is 0 Å². The molecule has 8 nitrogen and oxygen atoms in total. The predicted octanol–water partition coefficient (Wildman–Crippen LogP) is 3.77. The molecule has 182 valence electrons. The minimum absolute atomic E-state index is 0.0492. The molecule has 2 amide bonds. The summed E-state index contributed by atoms with van der Waals surface area (Å²) in [4.78, 5) is 35.6. The molecular weight excluding hydrogens is 456 g/mol. The Morgan fingerprint density at radius 3 is 2.78 bits per heavy atom. The van der Waals surface area contributed by atoms with Crippen molar-refractivity contribution in [2.45, 2.75) is 26.4 Å². The third-order valence-electron chi connectivity index (χ3n) is 6.87. The summed E-state index contributed by atoms with van der Waals surface area (Å²) in [6.07, 6.45) is 2.55. The zero-order valence-corrected chi connectivity index (χ0v) is 20.0. The fourth-order valence-electron chi connectivity index (χ4n) is 4.95. The second-order valence-corrected chi connectivity index (χ2v) is 9.11. The van der Waals surface area contributed by atoms with Gasteiger partial charge in [0.05, 0.1) is 0 Å². The number of pyridine rings is 1. The maximum absolute atomic E-state index is 13.2. The van der Waals surface area contributed by atoms with E-state index in [-0.39, 0.29) is 11.8 Å². The van der Waals surface area contributed by atoms with Crippen molar-refractivity contribution in [1.82, 2.24) is 20.2 Å². The van der Waals surface area contributed by atoms with Crippen molar-refractivity contribution in [3.8, 4) is 11.5 Å². The molecule has 0 saturated heterocycles. The van der Waals surface area contributed by atoms with E-state index in [1.54, 1.807) is 18.2 Å². The number of aromatic amines is 1. The molecule has 8 heteroatoms. The van der Waals surface area contributed by atoms with Gasteiger partial charge in [-0.3, -0.25) is 14.6 Å². The van der Waals surface area contributed by atoms with Crippen LogP contribution in [0, 0.1) is 6.92 Å². The molecule has 2 aliphatic heterocycles. The second kappa shape index (κ2) is 9.03. The SMILES string of the molecule is Cc1ncc2c(c1CNC(=O)c1cc3ccccc3[nH]1)CCN(C(=O)c1ccc3c(c1)OCCO3)C2. The van der Waals surface area contributed by atoms with Gasteiger partial charge in [0.2, 0.25) is 0 Å². The number of nitrogens with one attached hydrogen (secondary N) is 2. The van der Waals surface area contributed by atoms with E-state index >= 15 is 0 Å². The van der Waals surface area contributed by atoms with Crippen LogP contribution in [0.5, 0.6) is 11.5 Å². The highest BCUT2D eigenvalue weighted by molar-refractivity contribution is 5.98. The number of ether oxygens (including phenoxy) is 2. The van der Waals surface area contributed by atoms with E-state index in [9.17, 15) is 9.59 Å². The van der Waals surface area contributed by atoms with Crippen molar-refractivity contribution in [1.29, 1.82) is 0 Å². The molecule has 0 saturated carbocycles. The highest BCUT2D eigenvalue weighted by Crippen LogP contribution is 2.32. The van der Waals surface area contributed by atoms with E-state index in [4.69, 9.17) is 9.47 Å². The van der Waals surface area contributed by atoms with Crippen molar-refractivity contribution in [2.75, 3.05) is 19.8 Å². The van der Waals surface area contributed by atoms with Crippen molar-refractivity contribution < 1.29 is 19.1 Å². The lowest BCUT2D eigenvalue weighted by Gasteiger charge is -2.31. The number of amides is 2. The van der Waals surface area contributed by atoms with Crippen LogP contribution in [0.1, 0.15) is 43.2 Å². The number of H-pyrrole nitrogens is 1. The van der Waals surface area contributed by atoms with Crippen LogP contribution in [0.3, 0.4) is 0 Å². The Morgan fingerprint density at radius 2 is 1.92 bits per heavy atom. The van der Waals surface area contributed by atoms with Gasteiger partial charge in [-0.2, -0.15) is 0 Å². The first-order valence-electron chi connectivity index (χ1n) is 12.1. The fraction of sp³-hybridized carbons (Fsp3) is 0.250. The third kappa shape index (κ3) is 4.04. The number of rotatable bonds is 4. The molecule has 0 unspecified atom stereocenters. The molecule has 0 spiro atoms. The quantitative estimate of drug-likeness (QED) is 0.462. The molecule has 0 radical (unpaired) electrons. The van der Waals surface area contributed by atoms with E-state index < -0.39 is 0 Å². The van der Waals surface area contributed by atoms with E-state index in [1.165, 1.54) is 0 Å². The summed E-state index contributed by atoms with van der Waals surface area (Å²) in [7, 11) is 0. The summed E-state index contributed by atoms with van der Waals surface area (Å²) in [5.74, 6) is 1.07. The summed E-state index contributed by atoms with van der Waals surface area (Å²) in [5.41, 5.74) is 6.11. The molecule has 4 heterocycles. The van der Waals surface area contributed by atoms with Crippen LogP contribution >= 0.6 is 0 Å². The summed E-state index contributed by atoms with van der Waals surface area (Å²) in [6.45, 7) is 4.39. The maximum atomic E-state index is 13.2. The molecule has 0 bridgehead atoms. The highest BCUT2D eigenvalue weighted by Gasteiger charge is 2.26. The van der Waals surface area contributed by atoms with Crippen LogP contribution in [-0.4, -0.2) is 46.4 Å². The first-order valence-corrected chi connectivity index (χ1v) is 12.1. The first-order chi connectivity index (χ1) is 17.6. The largest absolute Gasteiger partial charge is 0.486 e. The van der Waals surface area contributed by atoms with Gasteiger partial charge in [0.1, 0.15) is 18.9 Å². The van der Waals surface area contributed by atoms with Gasteiger partial charge in [-0.1, -0.05) is 18.2 Å². The van der Waals surface area contributed by atoms with Gasteiger partial charge < -0.3 is 24.7 Å². The Balaban J connectivity index is 1.18. The van der Waals surface area contributed by atoms with Gasteiger partial charge >= 0.3 is 0 Å². The topological polar surface area (TPSA) is 96.6 Å². The summed E-state index contributed by atoms with van der Waals surface area (Å²) in [6, 6.07) is 15.0. The van der Waals surface area contributed by atoms with Gasteiger partial charge in [0, 0.05) is 48.0 Å². The zero-order chi connectivity index (χ0) is 24.6. The number of hydrogen-bond acceptors (Lipinski definition) is 5. The lowest BCUT2D eigenvalue weighted by Crippen LogP contribution is -2.37. The number of aryl methyl sites for hydroxylation is 1. The standard InChI is InChI=1S/C28H26N4O4/c1-17-22(15-30-27(33)24-12-18-4-2-3-5-23(18)31-24)21-8-9-32(16-20(21)14-29-17)28(34)19-6-7-25-26(13-19)36-11-10-35-25/h2-7,12-14,31H,8-11,15-16H2,1H3,(H,30,33). The van der Waals surface area contributed by atoms with E-state index in [0.29, 0.717) is 62.0 Å². The average Bonchev–Trinajstić information content (AvgIpc) is 3.36. The minimum Gasteiger partial charge on any atom is -0.486 e. The Labute approximate surface area is 208 Å². The third-order valence-corrected chi connectivity index (χ3v) is 6.87. The first kappa shape index (κ1) is 22.2. The molecule has 0 fully saturated rings. The summed E-state index contributed by atoms with van der Waals surface area (Å²) >= 11 is 0. The lowest BCUT2D eigenvalue weighted by molar-refractivity contribution is 0.0733. The predicted molar refractivity (Wildman–Crippen MR) is 134 cm³/mol. The smallest absolute Gasteiger partial charge is 0.267 e. The van der Waals surface area contributed by atoms with E-state index in [1.807, 2.05) is 48.4 Å². The van der Waals surface area contributed by atoms with Crippen LogP contribution in [0.25, 0.3) is 10.9 Å². The van der Waals surface area contributed by atoms with Crippen LogP contribution < -0.4 is 14.8 Å². The molecule has 2 N–H and O–H groups in total. The van der Waals surface area contributed by atoms with Crippen LogP contribution in [-0.2, 0) is 19.5 Å². The number of carbonyl (C=O) groups is 2. The number of aromatic nitrogens is 2. The number of para-hydroxylation sites is 1. The average molecular weight is 483 g/mol. The van der Waals surface area contributed by atoms with Crippen LogP contribution in [0.2, 0.25) is 0 Å². The molecule has 2 aliphatic rings. The normalized spacial score (nSPS) is 14.4. The molecule has 2 aromatic heterocycles. The molecule has 0 aliphatic carbocycles. The van der Waals surface area contributed by atoms with Crippen molar-refractivity contribution >= 4 is 22.7 Å². The summed E-state index contributed by atoms with van der Waals surface area (Å²) < 4.78 is 11.2. The Bertz CT molecular complexity index is 1460. The Hall–Kier alpha value is -4.33. The van der Waals surface area contributed by atoms with Crippen molar-refractivity contribution in [3.05, 3.63) is 88.4 Å². The van der Waals surface area contributed by atoms with E-state index in [0.717, 1.165) is 33.3 Å². The molecule has 6 rings (SSSR count). The van der Waals surface area contributed by atoms with Crippen LogP contribution in [0.4, 0.5) is 0 Å². The number of benzene rings is 2. The minimum atomic E-state index is -0.158. The van der Waals surface area contributed by atoms with E-state index in [2.05, 4.69) is 15.3 Å². The van der Waals surface area contributed by atoms with Crippen LogP contribution in [0.15, 0.2) is 54.7 Å². The second-order valence-electron chi connectivity index (χ2n) is 9.11. The number of fused-ring (bicyclic) bond motifs is 3. The highest BCUT2D eigenvalue weighted by atomic mass is 16.6. The van der Waals surface area contributed by atoms with Gasteiger partial charge in [-0.15, -0.1) is 0 Å². The fourth-order valence-corrected chi connectivity index (χ4v) is 4.95. The summed E-state index contributed by atoms with van der Waals surface area (Å²) in [5, 5.41) is 4.04. The zero-order valence-electron chi connectivity index (χ0n) is 20.0. The van der Waals surface area contributed by atoms with Gasteiger partial charge in [0.25, 0.3) is 11.8 Å². The van der Waals surface area contributed by atoms with Crippen molar-refractivity contribution in [2.24, 2.45) is 0 Å². The van der Waals surface area contributed by atoms with Gasteiger partial charge in [-0.05, 0) is 60.4 Å². The molecular formula is C28H26N4O4. The molecule has 36 heavy (non-hydrogen) atoms. The maximum Gasteiger partial charge on any atom is 0.267 e. The Morgan fingerprint density at radius 1 is 1.08 bits per heavy atom. The monoisotopic (exact) mass is 482 g/mol. The van der Waals surface area contributed by atoms with Crippen molar-refractivity contribution in [3.63, 3.8) is 0 Å². The number of hydrogen-bond donors (Lipinski definition) is 2. The Kier molecular flexibility index (Phi) is 5.56. The molecule has 0 atom stereocenters.